The molecular weight excluding hydrogens is 528 g/mol. The van der Waals surface area contributed by atoms with Crippen LogP contribution in [-0.2, 0) is 0 Å². The fraction of sp³-hybridized carbons (Fsp3) is 0. The number of para-hydroxylation sites is 1. The third-order valence-electron chi connectivity index (χ3n) is 8.96. The Morgan fingerprint density at radius 3 is 1.72 bits per heavy atom. The molecule has 0 radical (unpaired) electrons. The van der Waals surface area contributed by atoms with Crippen LogP contribution < -0.4 is 0 Å². The molecule has 3 aromatic heterocycles. The quantitative estimate of drug-likeness (QED) is 0.201. The highest BCUT2D eigenvalue weighted by atomic mass is 16.3. The van der Waals surface area contributed by atoms with E-state index < -0.39 is 0 Å². The van der Waals surface area contributed by atoms with Crippen LogP contribution in [0.25, 0.3) is 98.6 Å². The molecule has 0 fully saturated rings. The number of fused-ring (bicyclic) bond motifs is 10. The molecule has 0 saturated carbocycles. The maximum absolute atomic E-state index is 6.44. The zero-order chi connectivity index (χ0) is 28.1. The van der Waals surface area contributed by atoms with Gasteiger partial charge in [-0.1, -0.05) is 84.9 Å². The summed E-state index contributed by atoms with van der Waals surface area (Å²) in [6.45, 7) is 0. The monoisotopic (exact) mass is 550 g/mol. The topological polar surface area (TPSA) is 39.4 Å². The van der Waals surface area contributed by atoms with Crippen LogP contribution in [0.5, 0.6) is 0 Å². The Balaban J connectivity index is 1.32. The summed E-state index contributed by atoms with van der Waals surface area (Å²) in [5.41, 5.74) is 9.14. The summed E-state index contributed by atoms with van der Waals surface area (Å²) in [5, 5.41) is 10.4. The lowest BCUT2D eigenvalue weighted by Crippen LogP contribution is -1.91. The average Bonchev–Trinajstić information content (AvgIpc) is 3.78. The molecule has 0 amide bonds. The molecule has 0 bridgehead atoms. The van der Waals surface area contributed by atoms with Gasteiger partial charge in [-0.3, -0.25) is 0 Å². The van der Waals surface area contributed by atoms with Crippen molar-refractivity contribution in [3.05, 3.63) is 134 Å². The first-order valence-electron chi connectivity index (χ1n) is 14.5. The SMILES string of the molecule is c1ccc2c(c1)oc1cccc(-c3c4ccccc4c(-c4ccc5c(c4)oc4ccc6occc6c45)c4ccccc34)c12. The third-order valence-corrected chi connectivity index (χ3v) is 8.96. The van der Waals surface area contributed by atoms with Gasteiger partial charge in [0.05, 0.1) is 6.26 Å². The molecule has 0 aliphatic rings. The fourth-order valence-corrected chi connectivity index (χ4v) is 7.19. The van der Waals surface area contributed by atoms with Crippen molar-refractivity contribution in [3.63, 3.8) is 0 Å². The van der Waals surface area contributed by atoms with Crippen molar-refractivity contribution in [2.75, 3.05) is 0 Å². The van der Waals surface area contributed by atoms with Gasteiger partial charge >= 0.3 is 0 Å². The molecule has 0 N–H and O–H groups in total. The lowest BCUT2D eigenvalue weighted by molar-refractivity contribution is 0.615. The summed E-state index contributed by atoms with van der Waals surface area (Å²) >= 11 is 0. The van der Waals surface area contributed by atoms with Crippen molar-refractivity contribution in [2.45, 2.75) is 0 Å². The summed E-state index contributed by atoms with van der Waals surface area (Å²) in [4.78, 5) is 0. The molecule has 10 rings (SSSR count). The fourth-order valence-electron chi connectivity index (χ4n) is 7.19. The minimum atomic E-state index is 0.867. The zero-order valence-corrected chi connectivity index (χ0v) is 22.9. The van der Waals surface area contributed by atoms with Crippen molar-refractivity contribution >= 4 is 76.4 Å². The zero-order valence-electron chi connectivity index (χ0n) is 22.9. The largest absolute Gasteiger partial charge is 0.464 e. The predicted octanol–water partition coefficient (Wildman–Crippen LogP) is 11.9. The van der Waals surface area contributed by atoms with Gasteiger partial charge in [-0.25, -0.2) is 0 Å². The van der Waals surface area contributed by atoms with Gasteiger partial charge in [-0.2, -0.15) is 0 Å². The first-order chi connectivity index (χ1) is 21.3. The van der Waals surface area contributed by atoms with Gasteiger partial charge in [-0.15, -0.1) is 0 Å². The number of hydrogen-bond acceptors (Lipinski definition) is 3. The summed E-state index contributed by atoms with van der Waals surface area (Å²) < 4.78 is 18.4. The molecular formula is C40H22O3. The lowest BCUT2D eigenvalue weighted by Gasteiger charge is -2.18. The van der Waals surface area contributed by atoms with Crippen LogP contribution in [0, 0.1) is 0 Å². The van der Waals surface area contributed by atoms with E-state index in [-0.39, 0.29) is 0 Å². The second-order valence-corrected chi connectivity index (χ2v) is 11.2. The summed E-state index contributed by atoms with van der Waals surface area (Å²) in [6, 6.07) is 44.8. The van der Waals surface area contributed by atoms with Gasteiger partial charge in [0.25, 0.3) is 0 Å². The first-order valence-corrected chi connectivity index (χ1v) is 14.5. The molecule has 0 saturated heterocycles. The number of benzene rings is 7. The Morgan fingerprint density at radius 2 is 0.930 bits per heavy atom. The number of furan rings is 3. The van der Waals surface area contributed by atoms with Crippen molar-refractivity contribution in [3.8, 4) is 22.3 Å². The Bertz CT molecular complexity index is 2680. The molecule has 7 aromatic carbocycles. The second-order valence-electron chi connectivity index (χ2n) is 11.2. The van der Waals surface area contributed by atoms with Gasteiger partial charge < -0.3 is 13.3 Å². The van der Waals surface area contributed by atoms with E-state index in [0.717, 1.165) is 60.4 Å². The van der Waals surface area contributed by atoms with E-state index in [0.29, 0.717) is 0 Å². The minimum absolute atomic E-state index is 0.867. The summed E-state index contributed by atoms with van der Waals surface area (Å²) in [6.07, 6.45) is 1.74. The third kappa shape index (κ3) is 3.08. The van der Waals surface area contributed by atoms with Crippen molar-refractivity contribution in [1.29, 1.82) is 0 Å². The molecule has 10 aromatic rings. The molecule has 0 spiro atoms. The van der Waals surface area contributed by atoms with E-state index in [4.69, 9.17) is 13.3 Å². The van der Waals surface area contributed by atoms with Crippen LogP contribution in [0.1, 0.15) is 0 Å². The van der Waals surface area contributed by atoms with Crippen molar-refractivity contribution in [2.24, 2.45) is 0 Å². The lowest BCUT2D eigenvalue weighted by atomic mass is 9.85. The van der Waals surface area contributed by atoms with E-state index >= 15 is 0 Å². The van der Waals surface area contributed by atoms with Crippen LogP contribution in [-0.4, -0.2) is 0 Å². The minimum Gasteiger partial charge on any atom is -0.464 e. The standard InChI is InChI=1S/C40H22O3/c1-3-10-26-24(8-1)37(23-16-17-29-36(22-23)43-35-19-18-32-30(39(29)35)20-21-41-32)25-9-2-4-11-27(25)38(26)31-13-7-15-34-40(31)28-12-5-6-14-33(28)42-34/h1-22H. The normalized spacial score (nSPS) is 12.2. The molecule has 3 heterocycles. The molecule has 0 unspecified atom stereocenters. The highest BCUT2D eigenvalue weighted by molar-refractivity contribution is 6.26. The highest BCUT2D eigenvalue weighted by Gasteiger charge is 2.21. The van der Waals surface area contributed by atoms with Crippen molar-refractivity contribution in [1.82, 2.24) is 0 Å². The Hall–Kier alpha value is -5.80. The molecule has 0 atom stereocenters. The molecule has 3 heteroatoms. The van der Waals surface area contributed by atoms with E-state index in [9.17, 15) is 0 Å². The maximum Gasteiger partial charge on any atom is 0.136 e. The molecule has 0 aliphatic carbocycles. The van der Waals surface area contributed by atoms with E-state index in [1.54, 1.807) is 6.26 Å². The average molecular weight is 551 g/mol. The van der Waals surface area contributed by atoms with Gasteiger partial charge in [0.15, 0.2) is 0 Å². The highest BCUT2D eigenvalue weighted by Crippen LogP contribution is 2.47. The molecule has 0 aliphatic heterocycles. The van der Waals surface area contributed by atoms with Gasteiger partial charge in [0.1, 0.15) is 27.9 Å². The molecule has 3 nitrogen and oxygen atoms in total. The van der Waals surface area contributed by atoms with Crippen LogP contribution >= 0.6 is 0 Å². The van der Waals surface area contributed by atoms with Crippen LogP contribution in [0.2, 0.25) is 0 Å². The Morgan fingerprint density at radius 1 is 0.349 bits per heavy atom. The summed E-state index contributed by atoms with van der Waals surface area (Å²) in [5.74, 6) is 0. The maximum atomic E-state index is 6.44. The predicted molar refractivity (Wildman–Crippen MR) is 177 cm³/mol. The van der Waals surface area contributed by atoms with Crippen LogP contribution in [0.15, 0.2) is 147 Å². The van der Waals surface area contributed by atoms with E-state index in [1.165, 1.54) is 38.2 Å². The summed E-state index contributed by atoms with van der Waals surface area (Å²) in [7, 11) is 0. The van der Waals surface area contributed by atoms with Crippen molar-refractivity contribution < 1.29 is 13.3 Å². The van der Waals surface area contributed by atoms with E-state index in [1.807, 2.05) is 30.3 Å². The Labute approximate surface area is 245 Å². The van der Waals surface area contributed by atoms with Crippen LogP contribution in [0.4, 0.5) is 0 Å². The smallest absolute Gasteiger partial charge is 0.136 e. The van der Waals surface area contributed by atoms with Gasteiger partial charge in [0, 0.05) is 26.9 Å². The molecule has 200 valence electrons. The first kappa shape index (κ1) is 22.8. The van der Waals surface area contributed by atoms with E-state index in [2.05, 4.69) is 97.1 Å². The van der Waals surface area contributed by atoms with Gasteiger partial charge in [-0.05, 0) is 86.3 Å². The Kier molecular flexibility index (Phi) is 4.45. The number of rotatable bonds is 2. The molecule has 43 heavy (non-hydrogen) atoms. The number of hydrogen-bond donors (Lipinski definition) is 0. The van der Waals surface area contributed by atoms with Crippen LogP contribution in [0.3, 0.4) is 0 Å². The van der Waals surface area contributed by atoms with Gasteiger partial charge in [0.2, 0.25) is 0 Å². The second kappa shape index (κ2) is 8.37.